The first-order valence-corrected chi connectivity index (χ1v) is 11.0. The fourth-order valence-corrected chi connectivity index (χ4v) is 4.06. The van der Waals surface area contributed by atoms with Crippen LogP contribution >= 0.6 is 15.9 Å². The van der Waals surface area contributed by atoms with Gasteiger partial charge < -0.3 is 15.4 Å². The van der Waals surface area contributed by atoms with E-state index < -0.39 is 0 Å². The topological polar surface area (TPSA) is 84.7 Å². The zero-order chi connectivity index (χ0) is 22.2. The van der Waals surface area contributed by atoms with Crippen molar-refractivity contribution in [2.75, 3.05) is 11.9 Å². The number of fused-ring (bicyclic) bond motifs is 1. The highest BCUT2D eigenvalue weighted by atomic mass is 79.9. The van der Waals surface area contributed by atoms with Crippen molar-refractivity contribution in [3.05, 3.63) is 64.0 Å². The van der Waals surface area contributed by atoms with Gasteiger partial charge >= 0.3 is 0 Å². The summed E-state index contributed by atoms with van der Waals surface area (Å²) in [7, 11) is 0. The van der Waals surface area contributed by atoms with E-state index in [2.05, 4.69) is 45.4 Å². The Balaban J connectivity index is 1.46. The normalized spacial score (nSPS) is 17.6. The van der Waals surface area contributed by atoms with Crippen LogP contribution in [0.2, 0.25) is 0 Å². The summed E-state index contributed by atoms with van der Waals surface area (Å²) >= 11 is 3.40. The van der Waals surface area contributed by atoms with Crippen LogP contribution in [0.15, 0.2) is 47.2 Å². The van der Waals surface area contributed by atoms with Crippen molar-refractivity contribution < 1.29 is 14.3 Å². The molecule has 0 bridgehead atoms. The molecule has 3 aromatic rings. The van der Waals surface area contributed by atoms with E-state index in [0.29, 0.717) is 29.1 Å². The van der Waals surface area contributed by atoms with Crippen LogP contribution in [0.25, 0.3) is 5.65 Å². The van der Waals surface area contributed by atoms with E-state index in [1.54, 1.807) is 22.7 Å². The second-order valence-corrected chi connectivity index (χ2v) is 9.36. The maximum Gasteiger partial charge on any atom is 0.274 e. The van der Waals surface area contributed by atoms with Gasteiger partial charge in [-0.15, -0.1) is 0 Å². The molecule has 1 aliphatic heterocycles. The van der Waals surface area contributed by atoms with Gasteiger partial charge in [0.1, 0.15) is 11.3 Å². The van der Waals surface area contributed by atoms with Crippen LogP contribution in [0.3, 0.4) is 0 Å². The van der Waals surface area contributed by atoms with E-state index in [1.165, 1.54) is 6.20 Å². The van der Waals surface area contributed by atoms with Crippen LogP contribution in [0.4, 0.5) is 5.69 Å². The molecule has 0 radical (unpaired) electrons. The molecule has 1 aromatic carbocycles. The third-order valence-electron chi connectivity index (χ3n) is 5.50. The zero-order valence-electron chi connectivity index (χ0n) is 17.7. The molecular weight excluding hydrogens is 460 g/mol. The maximum absolute atomic E-state index is 12.9. The van der Waals surface area contributed by atoms with Crippen molar-refractivity contribution in [3.63, 3.8) is 0 Å². The number of carbonyl (C=O) groups excluding carboxylic acids is 2. The molecule has 0 spiro atoms. The zero-order valence-corrected chi connectivity index (χ0v) is 19.3. The highest BCUT2D eigenvalue weighted by Crippen LogP contribution is 2.29. The number of benzene rings is 1. The fraction of sp³-hybridized carbons (Fsp3) is 0.348. The van der Waals surface area contributed by atoms with E-state index in [-0.39, 0.29) is 23.5 Å². The third-order valence-corrected chi connectivity index (χ3v) is 5.99. The fourth-order valence-electron chi connectivity index (χ4n) is 3.74. The molecule has 7 nitrogen and oxygen atoms in total. The molecule has 0 unspecified atom stereocenters. The number of rotatable bonds is 5. The minimum Gasteiger partial charge on any atom is -0.371 e. The van der Waals surface area contributed by atoms with E-state index >= 15 is 0 Å². The summed E-state index contributed by atoms with van der Waals surface area (Å²) in [6.45, 7) is 6.48. The van der Waals surface area contributed by atoms with Gasteiger partial charge in [-0.05, 0) is 63.4 Å². The second-order valence-electron chi connectivity index (χ2n) is 8.45. The summed E-state index contributed by atoms with van der Waals surface area (Å²) in [5.74, 6) is -0.486. The van der Waals surface area contributed by atoms with Gasteiger partial charge in [-0.1, -0.05) is 22.0 Å². The Morgan fingerprint density at radius 2 is 2.06 bits per heavy atom. The number of carbonyl (C=O) groups is 2. The smallest absolute Gasteiger partial charge is 0.274 e. The molecule has 0 saturated carbocycles. The Hall–Kier alpha value is -2.71. The minimum absolute atomic E-state index is 0.0266. The quantitative estimate of drug-likeness (QED) is 0.563. The average Bonchev–Trinajstić information content (AvgIpc) is 3.29. The van der Waals surface area contributed by atoms with Crippen LogP contribution in [0.1, 0.15) is 53.1 Å². The van der Waals surface area contributed by atoms with Crippen LogP contribution in [0.5, 0.6) is 0 Å². The first-order valence-electron chi connectivity index (χ1n) is 10.2. The molecule has 1 aliphatic rings. The van der Waals surface area contributed by atoms with Gasteiger partial charge in [-0.2, -0.15) is 0 Å². The molecule has 1 saturated heterocycles. The lowest BCUT2D eigenvalue weighted by molar-refractivity contribution is -0.0138. The second kappa shape index (κ2) is 8.43. The number of aryl methyl sites for hydroxylation is 1. The monoisotopic (exact) mass is 484 g/mol. The van der Waals surface area contributed by atoms with E-state index in [0.717, 1.165) is 22.9 Å². The van der Waals surface area contributed by atoms with E-state index in [4.69, 9.17) is 4.74 Å². The molecule has 1 fully saturated rings. The number of hydrogen-bond donors (Lipinski definition) is 2. The predicted octanol–water partition coefficient (Wildman–Crippen LogP) is 4.34. The number of pyridine rings is 1. The summed E-state index contributed by atoms with van der Waals surface area (Å²) in [6, 6.07) is 8.96. The highest BCUT2D eigenvalue weighted by molar-refractivity contribution is 9.10. The number of halogens is 1. The number of nitrogens with zero attached hydrogens (tertiary/aromatic N) is 2. The van der Waals surface area contributed by atoms with Gasteiger partial charge in [-0.3, -0.25) is 14.0 Å². The van der Waals surface area contributed by atoms with Crippen molar-refractivity contribution in [3.8, 4) is 0 Å². The van der Waals surface area contributed by atoms with Crippen molar-refractivity contribution in [2.45, 2.75) is 45.3 Å². The highest BCUT2D eigenvalue weighted by Gasteiger charge is 2.31. The standard InChI is InChI=1S/C23H25BrN4O3/c1-14-4-5-15(21(29)26-12-17-6-8-23(2,3)31-17)10-18(14)27-22(30)19-13-25-20-11-16(24)7-9-28(19)20/h4-5,7,9-11,13,17H,6,8,12H2,1-3H3,(H,26,29)(H,27,30)/t17-/m0/s1. The number of hydrogen-bond acceptors (Lipinski definition) is 4. The van der Waals surface area contributed by atoms with Crippen LogP contribution < -0.4 is 10.6 Å². The molecule has 2 amide bonds. The van der Waals surface area contributed by atoms with E-state index in [1.807, 2.05) is 25.1 Å². The van der Waals surface area contributed by atoms with Crippen LogP contribution in [-0.4, -0.2) is 39.4 Å². The predicted molar refractivity (Wildman–Crippen MR) is 123 cm³/mol. The van der Waals surface area contributed by atoms with Gasteiger partial charge in [0, 0.05) is 28.5 Å². The molecule has 2 aromatic heterocycles. The molecule has 162 valence electrons. The van der Waals surface area contributed by atoms with Crippen molar-refractivity contribution in [2.24, 2.45) is 0 Å². The SMILES string of the molecule is Cc1ccc(C(=O)NC[C@@H]2CCC(C)(C)O2)cc1NC(=O)c1cnc2cc(Br)ccn12. The van der Waals surface area contributed by atoms with Crippen molar-refractivity contribution in [1.82, 2.24) is 14.7 Å². The van der Waals surface area contributed by atoms with Crippen LogP contribution in [0, 0.1) is 6.92 Å². The molecule has 8 heteroatoms. The van der Waals surface area contributed by atoms with Gasteiger partial charge in [0.2, 0.25) is 0 Å². The number of aromatic nitrogens is 2. The Bertz CT molecular complexity index is 1150. The summed E-state index contributed by atoms with van der Waals surface area (Å²) < 4.78 is 8.54. The first kappa shape index (κ1) is 21.5. The molecule has 4 rings (SSSR count). The maximum atomic E-state index is 12.9. The number of ether oxygens (including phenoxy) is 1. The van der Waals surface area contributed by atoms with Crippen molar-refractivity contribution >= 4 is 39.1 Å². The van der Waals surface area contributed by atoms with Crippen molar-refractivity contribution in [1.29, 1.82) is 0 Å². The van der Waals surface area contributed by atoms with Gasteiger partial charge in [0.05, 0.1) is 17.9 Å². The lowest BCUT2D eigenvalue weighted by Gasteiger charge is -2.19. The third kappa shape index (κ3) is 4.80. The Kier molecular flexibility index (Phi) is 5.85. The van der Waals surface area contributed by atoms with Crippen LogP contribution in [-0.2, 0) is 4.74 Å². The van der Waals surface area contributed by atoms with Gasteiger partial charge in [-0.25, -0.2) is 4.98 Å². The molecule has 0 aliphatic carbocycles. The number of anilines is 1. The lowest BCUT2D eigenvalue weighted by atomic mass is 10.1. The molecular formula is C23H25BrN4O3. The first-order chi connectivity index (χ1) is 14.7. The van der Waals surface area contributed by atoms with E-state index in [9.17, 15) is 9.59 Å². The molecule has 1 atom stereocenters. The Morgan fingerprint density at radius 1 is 1.26 bits per heavy atom. The lowest BCUT2D eigenvalue weighted by Crippen LogP contribution is -2.33. The summed E-state index contributed by atoms with van der Waals surface area (Å²) in [5.41, 5.74) is 2.88. The average molecular weight is 485 g/mol. The minimum atomic E-state index is -0.294. The number of amides is 2. The number of nitrogens with one attached hydrogen (secondary N) is 2. The van der Waals surface area contributed by atoms with Gasteiger partial charge in [0.25, 0.3) is 11.8 Å². The summed E-state index contributed by atoms with van der Waals surface area (Å²) in [5, 5.41) is 5.85. The Labute approximate surface area is 189 Å². The summed E-state index contributed by atoms with van der Waals surface area (Å²) in [6.07, 6.45) is 5.25. The van der Waals surface area contributed by atoms with Gasteiger partial charge in [0.15, 0.2) is 0 Å². The Morgan fingerprint density at radius 3 is 2.81 bits per heavy atom. The molecule has 31 heavy (non-hydrogen) atoms. The number of imidazole rings is 1. The summed E-state index contributed by atoms with van der Waals surface area (Å²) in [4.78, 5) is 29.8. The largest absolute Gasteiger partial charge is 0.371 e. The molecule has 3 heterocycles. The molecule has 2 N–H and O–H groups in total.